The van der Waals surface area contributed by atoms with E-state index in [0.717, 1.165) is 23.1 Å². The molecule has 0 amide bonds. The Morgan fingerprint density at radius 3 is 2.13 bits per heavy atom. The second kappa shape index (κ2) is 7.28. The Bertz CT molecular complexity index is 744. The topological polar surface area (TPSA) is 46.2 Å². The third kappa shape index (κ3) is 4.43. The maximum absolute atomic E-state index is 12.6. The molecule has 2 rings (SSSR count). The van der Waals surface area contributed by atoms with E-state index in [4.69, 9.17) is 0 Å². The molecule has 0 aliphatic rings. The van der Waals surface area contributed by atoms with Gasteiger partial charge in [-0.2, -0.15) is 0 Å². The van der Waals surface area contributed by atoms with Gasteiger partial charge in [0.1, 0.15) is 0 Å². The molecular weight excluding hydrogens is 306 g/mol. The molecule has 0 aliphatic heterocycles. The molecule has 0 aromatic heterocycles. The first kappa shape index (κ1) is 17.7. The van der Waals surface area contributed by atoms with Crippen molar-refractivity contribution < 1.29 is 8.42 Å². The van der Waals surface area contributed by atoms with Gasteiger partial charge >= 0.3 is 0 Å². The van der Waals surface area contributed by atoms with Gasteiger partial charge in [0.2, 0.25) is 10.0 Å². The molecule has 3 nitrogen and oxygen atoms in total. The van der Waals surface area contributed by atoms with Crippen molar-refractivity contribution in [1.82, 2.24) is 4.72 Å². The fourth-order valence-corrected chi connectivity index (χ4v) is 4.52. The van der Waals surface area contributed by atoms with Crippen LogP contribution in [0.2, 0.25) is 0 Å². The Labute approximate surface area is 139 Å². The Hall–Kier alpha value is -1.65. The van der Waals surface area contributed by atoms with E-state index < -0.39 is 10.0 Å². The summed E-state index contributed by atoms with van der Waals surface area (Å²) < 4.78 is 27.9. The molecule has 0 aliphatic carbocycles. The van der Waals surface area contributed by atoms with Crippen molar-refractivity contribution in [3.05, 3.63) is 64.7 Å². The lowest BCUT2D eigenvalue weighted by molar-refractivity contribution is 0.571. The molecule has 0 bridgehead atoms. The Morgan fingerprint density at radius 2 is 1.57 bits per heavy atom. The SMILES string of the molecule is Cc1cc(C)c(S(=O)(=O)NCCC(C)c2ccccc2)c(C)c1. The summed E-state index contributed by atoms with van der Waals surface area (Å²) in [5.41, 5.74) is 3.91. The van der Waals surface area contributed by atoms with Crippen LogP contribution in [-0.4, -0.2) is 15.0 Å². The maximum atomic E-state index is 12.6. The minimum atomic E-state index is -3.47. The number of hydrogen-bond donors (Lipinski definition) is 1. The van der Waals surface area contributed by atoms with Crippen molar-refractivity contribution >= 4 is 10.0 Å². The van der Waals surface area contributed by atoms with Gasteiger partial charge in [0.05, 0.1) is 4.90 Å². The van der Waals surface area contributed by atoms with Crippen molar-refractivity contribution in [1.29, 1.82) is 0 Å². The van der Waals surface area contributed by atoms with Gasteiger partial charge in [0.25, 0.3) is 0 Å². The number of sulfonamides is 1. The van der Waals surface area contributed by atoms with E-state index in [9.17, 15) is 8.42 Å². The first-order chi connectivity index (χ1) is 10.8. The van der Waals surface area contributed by atoms with Crippen LogP contribution in [0.5, 0.6) is 0 Å². The quantitative estimate of drug-likeness (QED) is 0.867. The monoisotopic (exact) mass is 331 g/mol. The van der Waals surface area contributed by atoms with E-state index in [2.05, 4.69) is 23.8 Å². The summed E-state index contributed by atoms with van der Waals surface area (Å²) in [6.07, 6.45) is 0.771. The van der Waals surface area contributed by atoms with Gasteiger partial charge in [-0.25, -0.2) is 13.1 Å². The fraction of sp³-hybridized carbons (Fsp3) is 0.368. The number of aryl methyl sites for hydroxylation is 3. The summed E-state index contributed by atoms with van der Waals surface area (Å²) in [4.78, 5) is 0.412. The molecule has 0 saturated carbocycles. The van der Waals surface area contributed by atoms with Gasteiger partial charge in [0, 0.05) is 6.54 Å². The second-order valence-electron chi connectivity index (χ2n) is 6.23. The first-order valence-electron chi connectivity index (χ1n) is 7.93. The minimum absolute atomic E-state index is 0.319. The van der Waals surface area contributed by atoms with E-state index in [0.29, 0.717) is 17.4 Å². The predicted molar refractivity (Wildman–Crippen MR) is 95.3 cm³/mol. The largest absolute Gasteiger partial charge is 0.241 e. The summed E-state index contributed by atoms with van der Waals surface area (Å²) in [7, 11) is -3.47. The molecule has 0 spiro atoms. The van der Waals surface area contributed by atoms with E-state index in [-0.39, 0.29) is 0 Å². The highest BCUT2D eigenvalue weighted by Gasteiger charge is 2.19. The Morgan fingerprint density at radius 1 is 1.00 bits per heavy atom. The molecule has 0 saturated heterocycles. The third-order valence-electron chi connectivity index (χ3n) is 4.11. The molecule has 124 valence electrons. The zero-order chi connectivity index (χ0) is 17.0. The van der Waals surface area contributed by atoms with Gasteiger partial charge in [-0.3, -0.25) is 0 Å². The summed E-state index contributed by atoms with van der Waals surface area (Å²) in [5.74, 6) is 0.319. The van der Waals surface area contributed by atoms with Gasteiger partial charge < -0.3 is 0 Å². The number of hydrogen-bond acceptors (Lipinski definition) is 2. The summed E-state index contributed by atoms with van der Waals surface area (Å²) in [5, 5.41) is 0. The summed E-state index contributed by atoms with van der Waals surface area (Å²) >= 11 is 0. The Balaban J connectivity index is 2.05. The second-order valence-corrected chi connectivity index (χ2v) is 7.93. The highest BCUT2D eigenvalue weighted by atomic mass is 32.2. The van der Waals surface area contributed by atoms with E-state index in [1.54, 1.807) is 0 Å². The molecular formula is C19H25NO2S. The third-order valence-corrected chi connectivity index (χ3v) is 5.88. The van der Waals surface area contributed by atoms with Crippen LogP contribution in [0.3, 0.4) is 0 Å². The van der Waals surface area contributed by atoms with Crippen LogP contribution in [0.15, 0.2) is 47.4 Å². The minimum Gasteiger partial charge on any atom is -0.211 e. The smallest absolute Gasteiger partial charge is 0.211 e. The molecule has 0 radical (unpaired) electrons. The number of benzene rings is 2. The zero-order valence-electron chi connectivity index (χ0n) is 14.3. The van der Waals surface area contributed by atoms with Crippen molar-refractivity contribution in [2.24, 2.45) is 0 Å². The van der Waals surface area contributed by atoms with Crippen molar-refractivity contribution in [2.75, 3.05) is 6.54 Å². The number of rotatable bonds is 6. The predicted octanol–water partition coefficient (Wildman–Crippen LogP) is 4.08. The van der Waals surface area contributed by atoms with Crippen LogP contribution in [0.1, 0.15) is 41.5 Å². The van der Waals surface area contributed by atoms with Gasteiger partial charge in [-0.1, -0.05) is 55.0 Å². The standard InChI is InChI=1S/C19H25NO2S/c1-14-12-16(3)19(17(4)13-14)23(21,22)20-11-10-15(2)18-8-6-5-7-9-18/h5-9,12-13,15,20H,10-11H2,1-4H3. The van der Waals surface area contributed by atoms with Crippen LogP contribution in [0.25, 0.3) is 0 Å². The molecule has 2 aromatic carbocycles. The molecule has 1 atom stereocenters. The normalized spacial score (nSPS) is 13.0. The van der Waals surface area contributed by atoms with Crippen LogP contribution in [0.4, 0.5) is 0 Å². The highest BCUT2D eigenvalue weighted by Crippen LogP contribution is 2.22. The first-order valence-corrected chi connectivity index (χ1v) is 9.42. The molecule has 2 aromatic rings. The van der Waals surface area contributed by atoms with Crippen molar-refractivity contribution in [3.63, 3.8) is 0 Å². The van der Waals surface area contributed by atoms with Crippen molar-refractivity contribution in [2.45, 2.75) is 44.9 Å². The molecule has 23 heavy (non-hydrogen) atoms. The van der Waals surface area contributed by atoms with E-state index >= 15 is 0 Å². The lowest BCUT2D eigenvalue weighted by Crippen LogP contribution is -2.27. The summed E-state index contributed by atoms with van der Waals surface area (Å²) in [6, 6.07) is 14.0. The van der Waals surface area contributed by atoms with E-state index in [1.807, 2.05) is 51.1 Å². The van der Waals surface area contributed by atoms with Gasteiger partial charge in [-0.15, -0.1) is 0 Å². The van der Waals surface area contributed by atoms with Gasteiger partial charge in [-0.05, 0) is 49.8 Å². The lowest BCUT2D eigenvalue weighted by Gasteiger charge is -2.15. The lowest BCUT2D eigenvalue weighted by atomic mass is 9.98. The fourth-order valence-electron chi connectivity index (χ4n) is 3.02. The molecule has 4 heteroatoms. The van der Waals surface area contributed by atoms with E-state index in [1.165, 1.54) is 5.56 Å². The maximum Gasteiger partial charge on any atom is 0.241 e. The molecule has 0 heterocycles. The van der Waals surface area contributed by atoms with Gasteiger partial charge in [0.15, 0.2) is 0 Å². The van der Waals surface area contributed by atoms with Crippen LogP contribution in [0, 0.1) is 20.8 Å². The van der Waals surface area contributed by atoms with Crippen LogP contribution in [-0.2, 0) is 10.0 Å². The highest BCUT2D eigenvalue weighted by molar-refractivity contribution is 7.89. The van der Waals surface area contributed by atoms with Crippen molar-refractivity contribution in [3.8, 4) is 0 Å². The van der Waals surface area contributed by atoms with Crippen LogP contribution < -0.4 is 4.72 Å². The Kier molecular flexibility index (Phi) is 5.60. The molecule has 0 fully saturated rings. The average Bonchev–Trinajstić information content (AvgIpc) is 2.46. The zero-order valence-corrected chi connectivity index (χ0v) is 15.1. The average molecular weight is 331 g/mol. The summed E-state index contributed by atoms with van der Waals surface area (Å²) in [6.45, 7) is 8.23. The number of nitrogens with one attached hydrogen (secondary N) is 1. The molecule has 1 unspecified atom stereocenters. The molecule has 1 N–H and O–H groups in total. The van der Waals surface area contributed by atoms with Crippen LogP contribution >= 0.6 is 0 Å².